The topological polar surface area (TPSA) is 75.4 Å². The van der Waals surface area contributed by atoms with E-state index in [2.05, 4.69) is 5.10 Å². The molecule has 24 heavy (non-hydrogen) atoms. The number of benzene rings is 1. The van der Waals surface area contributed by atoms with E-state index in [0.29, 0.717) is 18.0 Å². The van der Waals surface area contributed by atoms with Gasteiger partial charge in [0, 0.05) is 17.3 Å². The number of amides is 1. The summed E-state index contributed by atoms with van der Waals surface area (Å²) in [7, 11) is 0. The molecule has 0 aliphatic carbocycles. The number of halogens is 1. The van der Waals surface area contributed by atoms with E-state index in [4.69, 9.17) is 11.6 Å². The highest BCUT2D eigenvalue weighted by Gasteiger charge is 2.33. The molecule has 2 heterocycles. The first-order chi connectivity index (χ1) is 11.5. The molecule has 0 radical (unpaired) electrons. The van der Waals surface area contributed by atoms with Crippen LogP contribution in [0.1, 0.15) is 35.4 Å². The van der Waals surface area contributed by atoms with Gasteiger partial charge in [-0.1, -0.05) is 17.7 Å². The van der Waals surface area contributed by atoms with Crippen LogP contribution in [0.2, 0.25) is 5.02 Å². The second kappa shape index (κ2) is 6.65. The molecule has 1 aliphatic heterocycles. The smallest absolute Gasteiger partial charge is 0.326 e. The van der Waals surface area contributed by atoms with Crippen LogP contribution >= 0.6 is 11.6 Å². The largest absolute Gasteiger partial charge is 0.480 e. The minimum absolute atomic E-state index is 0.251. The fourth-order valence-corrected chi connectivity index (χ4v) is 3.21. The van der Waals surface area contributed by atoms with Crippen molar-refractivity contribution >= 4 is 23.5 Å². The molecule has 3 rings (SSSR count). The predicted molar refractivity (Wildman–Crippen MR) is 89.6 cm³/mol. The van der Waals surface area contributed by atoms with E-state index in [1.165, 1.54) is 4.90 Å². The Balaban J connectivity index is 1.91. The predicted octanol–water partition coefficient (Wildman–Crippen LogP) is 2.91. The Hall–Kier alpha value is -2.34. The van der Waals surface area contributed by atoms with E-state index in [0.717, 1.165) is 24.2 Å². The number of carbonyl (C=O) groups is 2. The van der Waals surface area contributed by atoms with Crippen molar-refractivity contribution < 1.29 is 14.7 Å². The van der Waals surface area contributed by atoms with E-state index in [1.54, 1.807) is 22.9 Å². The van der Waals surface area contributed by atoms with Crippen LogP contribution in [-0.4, -0.2) is 44.3 Å². The van der Waals surface area contributed by atoms with Gasteiger partial charge in [-0.05, 0) is 50.5 Å². The summed E-state index contributed by atoms with van der Waals surface area (Å²) in [4.78, 5) is 25.5. The quantitative estimate of drug-likeness (QED) is 0.926. The van der Waals surface area contributed by atoms with Gasteiger partial charge < -0.3 is 10.0 Å². The van der Waals surface area contributed by atoms with Gasteiger partial charge in [0.1, 0.15) is 6.04 Å². The fraction of sp³-hybridized carbons (Fsp3) is 0.353. The van der Waals surface area contributed by atoms with Crippen LogP contribution in [0.3, 0.4) is 0 Å². The second-order valence-corrected chi connectivity index (χ2v) is 6.35. The number of rotatable bonds is 3. The first-order valence-electron chi connectivity index (χ1n) is 7.84. The van der Waals surface area contributed by atoms with Crippen molar-refractivity contribution in [2.24, 2.45) is 0 Å². The summed E-state index contributed by atoms with van der Waals surface area (Å²) < 4.78 is 1.64. The summed E-state index contributed by atoms with van der Waals surface area (Å²) in [5, 5.41) is 14.3. The van der Waals surface area contributed by atoms with Crippen LogP contribution in [0.15, 0.2) is 30.3 Å². The Labute approximate surface area is 144 Å². The Morgan fingerprint density at radius 3 is 2.79 bits per heavy atom. The Bertz CT molecular complexity index is 787. The van der Waals surface area contributed by atoms with Gasteiger partial charge in [-0.15, -0.1) is 0 Å². The number of aryl methyl sites for hydroxylation is 1. The van der Waals surface area contributed by atoms with Gasteiger partial charge in [-0.2, -0.15) is 5.10 Å². The molecule has 1 N–H and O–H groups in total. The lowest BCUT2D eigenvalue weighted by atomic mass is 10.0. The molecule has 2 aromatic rings. The van der Waals surface area contributed by atoms with Gasteiger partial charge in [0.05, 0.1) is 5.69 Å². The molecule has 7 heteroatoms. The van der Waals surface area contributed by atoms with Gasteiger partial charge in [0.25, 0.3) is 5.91 Å². The Morgan fingerprint density at radius 1 is 1.29 bits per heavy atom. The third kappa shape index (κ3) is 3.14. The maximum absolute atomic E-state index is 12.7. The molecule has 0 spiro atoms. The number of carboxylic acids is 1. The molecule has 6 nitrogen and oxygen atoms in total. The fourth-order valence-electron chi connectivity index (χ4n) is 3.03. The standard InChI is InChI=1S/C17H18ClN3O3/c1-11-9-14(19-21(11)13-6-4-5-12(18)10-13)16(22)20-8-3-2-7-15(20)17(23)24/h4-6,9-10,15H,2-3,7-8H2,1H3,(H,23,24)/t15-/m1/s1. The first-order valence-corrected chi connectivity index (χ1v) is 8.21. The van der Waals surface area contributed by atoms with Crippen LogP contribution in [0.25, 0.3) is 5.69 Å². The van der Waals surface area contributed by atoms with E-state index in [9.17, 15) is 14.7 Å². The lowest BCUT2D eigenvalue weighted by Crippen LogP contribution is -2.48. The van der Waals surface area contributed by atoms with Gasteiger partial charge in [0.15, 0.2) is 5.69 Å². The molecule has 1 fully saturated rings. The van der Waals surface area contributed by atoms with Crippen LogP contribution in [0.5, 0.6) is 0 Å². The molecule has 1 saturated heterocycles. The molecule has 126 valence electrons. The van der Waals surface area contributed by atoms with E-state index in [1.807, 2.05) is 19.1 Å². The number of hydrogen-bond donors (Lipinski definition) is 1. The number of aliphatic carboxylic acids is 1. The van der Waals surface area contributed by atoms with Gasteiger partial charge >= 0.3 is 5.97 Å². The summed E-state index contributed by atoms with van der Waals surface area (Å²) in [6.07, 6.45) is 2.11. The second-order valence-electron chi connectivity index (χ2n) is 5.91. The normalized spacial score (nSPS) is 17.8. The maximum Gasteiger partial charge on any atom is 0.326 e. The molecule has 0 saturated carbocycles. The van der Waals surface area contributed by atoms with Crippen molar-refractivity contribution in [3.05, 3.63) is 46.7 Å². The molecule has 0 unspecified atom stereocenters. The van der Waals surface area contributed by atoms with Crippen molar-refractivity contribution in [2.75, 3.05) is 6.54 Å². The minimum atomic E-state index is -0.964. The molecule has 1 aromatic heterocycles. The van der Waals surface area contributed by atoms with Crippen LogP contribution in [-0.2, 0) is 4.79 Å². The molecular weight excluding hydrogens is 330 g/mol. The van der Waals surface area contributed by atoms with Crippen LogP contribution < -0.4 is 0 Å². The SMILES string of the molecule is Cc1cc(C(=O)N2CCCC[C@@H]2C(=O)O)nn1-c1cccc(Cl)c1. The van der Waals surface area contributed by atoms with Crippen molar-refractivity contribution in [1.29, 1.82) is 0 Å². The number of carboxylic acid groups (broad SMARTS) is 1. The van der Waals surface area contributed by atoms with E-state index < -0.39 is 12.0 Å². The minimum Gasteiger partial charge on any atom is -0.480 e. The molecule has 0 bridgehead atoms. The number of nitrogens with zero attached hydrogens (tertiary/aromatic N) is 3. The first kappa shape index (κ1) is 16.5. The number of piperidine rings is 1. The highest BCUT2D eigenvalue weighted by atomic mass is 35.5. The molecule has 1 atom stereocenters. The lowest BCUT2D eigenvalue weighted by Gasteiger charge is -2.32. The Morgan fingerprint density at radius 2 is 2.08 bits per heavy atom. The van der Waals surface area contributed by atoms with Crippen molar-refractivity contribution in [2.45, 2.75) is 32.2 Å². The van der Waals surface area contributed by atoms with E-state index in [-0.39, 0.29) is 11.6 Å². The summed E-state index contributed by atoms with van der Waals surface area (Å²) >= 11 is 6.01. The third-order valence-electron chi connectivity index (χ3n) is 4.21. The number of carbonyl (C=O) groups excluding carboxylic acids is 1. The third-order valence-corrected chi connectivity index (χ3v) is 4.44. The highest BCUT2D eigenvalue weighted by molar-refractivity contribution is 6.30. The van der Waals surface area contributed by atoms with E-state index >= 15 is 0 Å². The Kier molecular flexibility index (Phi) is 4.57. The number of hydrogen-bond acceptors (Lipinski definition) is 3. The molecular formula is C17H18ClN3O3. The lowest BCUT2D eigenvalue weighted by molar-refractivity contribution is -0.143. The summed E-state index contributed by atoms with van der Waals surface area (Å²) in [6, 6.07) is 8.09. The van der Waals surface area contributed by atoms with Gasteiger partial charge in [-0.25, -0.2) is 9.48 Å². The summed E-state index contributed by atoms with van der Waals surface area (Å²) in [5.41, 5.74) is 1.79. The maximum atomic E-state index is 12.7. The average Bonchev–Trinajstić information content (AvgIpc) is 2.96. The monoisotopic (exact) mass is 347 g/mol. The average molecular weight is 348 g/mol. The zero-order valence-electron chi connectivity index (χ0n) is 13.3. The zero-order valence-corrected chi connectivity index (χ0v) is 14.0. The van der Waals surface area contributed by atoms with Crippen LogP contribution in [0.4, 0.5) is 0 Å². The highest BCUT2D eigenvalue weighted by Crippen LogP contribution is 2.21. The number of aromatic nitrogens is 2. The molecule has 1 amide bonds. The zero-order chi connectivity index (χ0) is 17.3. The van der Waals surface area contributed by atoms with Crippen molar-refractivity contribution in [3.8, 4) is 5.69 Å². The van der Waals surface area contributed by atoms with Crippen molar-refractivity contribution in [3.63, 3.8) is 0 Å². The van der Waals surface area contributed by atoms with Crippen molar-refractivity contribution in [1.82, 2.24) is 14.7 Å². The van der Waals surface area contributed by atoms with Crippen LogP contribution in [0, 0.1) is 6.92 Å². The van der Waals surface area contributed by atoms with Gasteiger partial charge in [-0.3, -0.25) is 4.79 Å². The molecule has 1 aliphatic rings. The van der Waals surface area contributed by atoms with Gasteiger partial charge in [0.2, 0.25) is 0 Å². The molecule has 1 aromatic carbocycles. The summed E-state index contributed by atoms with van der Waals surface area (Å²) in [5.74, 6) is -1.31. The summed E-state index contributed by atoms with van der Waals surface area (Å²) in [6.45, 7) is 2.29. The number of likely N-dealkylation sites (tertiary alicyclic amines) is 1.